The lowest BCUT2D eigenvalue weighted by atomic mass is 10.1. The summed E-state index contributed by atoms with van der Waals surface area (Å²) in [5.41, 5.74) is 2.65. The van der Waals surface area contributed by atoms with Crippen molar-refractivity contribution in [2.24, 2.45) is 0 Å². The molecule has 4 rings (SSSR count). The van der Waals surface area contributed by atoms with Crippen LogP contribution in [0.5, 0.6) is 0 Å². The lowest BCUT2D eigenvalue weighted by Crippen LogP contribution is -2.33. The fourth-order valence-corrected chi connectivity index (χ4v) is 2.92. The third-order valence-corrected chi connectivity index (χ3v) is 4.42. The van der Waals surface area contributed by atoms with Gasteiger partial charge in [-0.2, -0.15) is 10.4 Å². The van der Waals surface area contributed by atoms with Crippen LogP contribution in [0.1, 0.15) is 27.6 Å². The summed E-state index contributed by atoms with van der Waals surface area (Å²) in [6.07, 6.45) is 4.57. The molecule has 3 aromatic rings. The summed E-state index contributed by atoms with van der Waals surface area (Å²) < 4.78 is 7.22. The van der Waals surface area contributed by atoms with Gasteiger partial charge in [0.2, 0.25) is 0 Å². The molecular weight excluding hydrogens is 392 g/mol. The summed E-state index contributed by atoms with van der Waals surface area (Å²) in [7, 11) is 0. The van der Waals surface area contributed by atoms with E-state index in [4.69, 9.17) is 10.00 Å². The Hall–Kier alpha value is -3.25. The number of hydrogen-bond acceptors (Lipinski definition) is 6. The monoisotopic (exact) mass is 410 g/mol. The molecule has 9 heteroatoms. The fourth-order valence-electron chi connectivity index (χ4n) is 2.92. The molecule has 1 saturated heterocycles. The second kappa shape index (κ2) is 9.30. The number of halogens is 1. The van der Waals surface area contributed by atoms with Crippen LogP contribution < -0.4 is 10.6 Å². The lowest BCUT2D eigenvalue weighted by molar-refractivity contribution is 0.0277. The van der Waals surface area contributed by atoms with Crippen LogP contribution in [-0.2, 0) is 4.74 Å². The first kappa shape index (κ1) is 20.5. The molecule has 1 amide bonds. The third-order valence-electron chi connectivity index (χ3n) is 4.42. The Balaban J connectivity index is 0.00000240. The molecule has 29 heavy (non-hydrogen) atoms. The third kappa shape index (κ3) is 4.78. The molecule has 0 spiro atoms. The molecule has 0 aliphatic carbocycles. The number of carbonyl (C=O) groups is 1. The van der Waals surface area contributed by atoms with Crippen molar-refractivity contribution in [1.29, 1.82) is 5.26 Å². The normalized spacial score (nSPS) is 15.8. The minimum atomic E-state index is -0.261. The number of benzene rings is 1. The van der Waals surface area contributed by atoms with Gasteiger partial charge in [0, 0.05) is 31.2 Å². The molecule has 1 aliphatic rings. The van der Waals surface area contributed by atoms with Crippen LogP contribution in [0.4, 0.5) is 5.69 Å². The Labute approximate surface area is 173 Å². The van der Waals surface area contributed by atoms with E-state index in [-0.39, 0.29) is 24.4 Å². The predicted molar refractivity (Wildman–Crippen MR) is 109 cm³/mol. The molecule has 1 atom stereocenters. The standard InChI is InChI=1S/C20H18N6O2.ClH/c21-9-14-1-6-19(23-10-14)26-13-16(11-24-26)20(27)25-17-4-2-15(3-5-17)18-12-22-7-8-28-18;/h1-6,10-11,13,18,22H,7-8,12H2,(H,25,27);1H/t18-;/m1./s1. The van der Waals surface area contributed by atoms with Gasteiger partial charge in [0.1, 0.15) is 6.07 Å². The van der Waals surface area contributed by atoms with Crippen molar-refractivity contribution in [2.75, 3.05) is 25.0 Å². The topological polar surface area (TPSA) is 105 Å². The van der Waals surface area contributed by atoms with E-state index in [2.05, 4.69) is 20.7 Å². The van der Waals surface area contributed by atoms with E-state index in [9.17, 15) is 4.79 Å². The fraction of sp³-hybridized carbons (Fsp3) is 0.200. The smallest absolute Gasteiger partial charge is 0.258 e. The van der Waals surface area contributed by atoms with Crippen molar-refractivity contribution in [3.8, 4) is 11.9 Å². The van der Waals surface area contributed by atoms with E-state index in [1.54, 1.807) is 18.3 Å². The number of morpholine rings is 1. The molecule has 2 N–H and O–H groups in total. The second-order valence-electron chi connectivity index (χ2n) is 6.33. The summed E-state index contributed by atoms with van der Waals surface area (Å²) in [5.74, 6) is 0.270. The average molecular weight is 411 g/mol. The maximum atomic E-state index is 12.5. The lowest BCUT2D eigenvalue weighted by Gasteiger charge is -2.24. The molecule has 0 unspecified atom stereocenters. The SMILES string of the molecule is Cl.N#Cc1ccc(-n2cc(C(=O)Nc3ccc([C@H]4CNCCO4)cc3)cn2)nc1. The van der Waals surface area contributed by atoms with Crippen LogP contribution >= 0.6 is 12.4 Å². The molecule has 1 aromatic carbocycles. The maximum absolute atomic E-state index is 12.5. The number of aromatic nitrogens is 3. The molecule has 1 fully saturated rings. The summed E-state index contributed by atoms with van der Waals surface area (Å²) in [4.78, 5) is 16.6. The second-order valence-corrected chi connectivity index (χ2v) is 6.33. The Morgan fingerprint density at radius 2 is 2.07 bits per heavy atom. The number of nitrogens with one attached hydrogen (secondary N) is 2. The van der Waals surface area contributed by atoms with Crippen LogP contribution in [-0.4, -0.2) is 40.4 Å². The zero-order valence-corrected chi connectivity index (χ0v) is 16.2. The molecule has 1 aliphatic heterocycles. The number of ether oxygens (including phenoxy) is 1. The van der Waals surface area contributed by atoms with Gasteiger partial charge in [-0.15, -0.1) is 12.4 Å². The van der Waals surface area contributed by atoms with Crippen LogP contribution in [0, 0.1) is 11.3 Å². The van der Waals surface area contributed by atoms with E-state index >= 15 is 0 Å². The molecule has 0 bridgehead atoms. The number of amides is 1. The molecular formula is C20H19ClN6O2. The minimum absolute atomic E-state index is 0. The van der Waals surface area contributed by atoms with Gasteiger partial charge in [-0.1, -0.05) is 12.1 Å². The van der Waals surface area contributed by atoms with Crippen molar-refractivity contribution in [3.05, 3.63) is 71.7 Å². The highest BCUT2D eigenvalue weighted by Gasteiger charge is 2.16. The van der Waals surface area contributed by atoms with Crippen molar-refractivity contribution in [1.82, 2.24) is 20.1 Å². The van der Waals surface area contributed by atoms with Crippen LogP contribution in [0.15, 0.2) is 55.0 Å². The first-order chi connectivity index (χ1) is 13.7. The molecule has 0 saturated carbocycles. The van der Waals surface area contributed by atoms with Crippen LogP contribution in [0.3, 0.4) is 0 Å². The Morgan fingerprint density at radius 1 is 1.24 bits per heavy atom. The zero-order chi connectivity index (χ0) is 19.3. The number of nitrogens with zero attached hydrogens (tertiary/aromatic N) is 4. The summed E-state index contributed by atoms with van der Waals surface area (Å²) in [6, 6.07) is 13.0. The summed E-state index contributed by atoms with van der Waals surface area (Å²) in [5, 5.41) is 19.2. The Kier molecular flexibility index (Phi) is 6.57. The van der Waals surface area contributed by atoms with Gasteiger partial charge >= 0.3 is 0 Å². The van der Waals surface area contributed by atoms with Gasteiger partial charge in [-0.3, -0.25) is 4.79 Å². The highest BCUT2D eigenvalue weighted by atomic mass is 35.5. The average Bonchev–Trinajstić information content (AvgIpc) is 3.25. The highest BCUT2D eigenvalue weighted by molar-refractivity contribution is 6.03. The number of carbonyl (C=O) groups excluding carboxylic acids is 1. The van der Waals surface area contributed by atoms with E-state index < -0.39 is 0 Å². The van der Waals surface area contributed by atoms with Crippen molar-refractivity contribution in [3.63, 3.8) is 0 Å². The number of nitriles is 1. The van der Waals surface area contributed by atoms with Crippen molar-refractivity contribution < 1.29 is 9.53 Å². The molecule has 0 radical (unpaired) electrons. The van der Waals surface area contributed by atoms with Gasteiger partial charge in [-0.25, -0.2) is 9.67 Å². The molecule has 8 nitrogen and oxygen atoms in total. The van der Waals surface area contributed by atoms with Gasteiger partial charge in [0.25, 0.3) is 5.91 Å². The van der Waals surface area contributed by atoms with Crippen LogP contribution in [0.2, 0.25) is 0 Å². The van der Waals surface area contributed by atoms with Gasteiger partial charge in [-0.05, 0) is 29.8 Å². The number of hydrogen-bond donors (Lipinski definition) is 2. The molecule has 148 valence electrons. The largest absolute Gasteiger partial charge is 0.371 e. The van der Waals surface area contributed by atoms with E-state index in [0.717, 1.165) is 18.7 Å². The summed E-state index contributed by atoms with van der Waals surface area (Å²) in [6.45, 7) is 2.35. The number of rotatable bonds is 4. The highest BCUT2D eigenvalue weighted by Crippen LogP contribution is 2.21. The van der Waals surface area contributed by atoms with Gasteiger partial charge < -0.3 is 15.4 Å². The van der Waals surface area contributed by atoms with Gasteiger partial charge in [0.05, 0.1) is 30.0 Å². The van der Waals surface area contributed by atoms with E-state index in [1.807, 2.05) is 30.3 Å². The zero-order valence-electron chi connectivity index (χ0n) is 15.4. The Bertz CT molecular complexity index is 1000. The quantitative estimate of drug-likeness (QED) is 0.684. The first-order valence-electron chi connectivity index (χ1n) is 8.88. The van der Waals surface area contributed by atoms with Crippen molar-refractivity contribution in [2.45, 2.75) is 6.10 Å². The van der Waals surface area contributed by atoms with Crippen LogP contribution in [0.25, 0.3) is 5.82 Å². The maximum Gasteiger partial charge on any atom is 0.258 e. The molecule has 2 aromatic heterocycles. The Morgan fingerprint density at radius 3 is 2.72 bits per heavy atom. The van der Waals surface area contributed by atoms with Gasteiger partial charge in [0.15, 0.2) is 5.82 Å². The van der Waals surface area contributed by atoms with Crippen molar-refractivity contribution >= 4 is 24.0 Å². The number of anilines is 1. The first-order valence-corrected chi connectivity index (χ1v) is 8.88. The minimum Gasteiger partial charge on any atom is -0.371 e. The van der Waals surface area contributed by atoms with E-state index in [1.165, 1.54) is 17.1 Å². The number of pyridine rings is 1. The summed E-state index contributed by atoms with van der Waals surface area (Å²) >= 11 is 0. The molecule has 3 heterocycles. The van der Waals surface area contributed by atoms with E-state index in [0.29, 0.717) is 29.2 Å². The predicted octanol–water partition coefficient (Wildman–Crippen LogP) is 2.47.